The Morgan fingerprint density at radius 2 is 1.61 bits per heavy atom. The summed E-state index contributed by atoms with van der Waals surface area (Å²) in [7, 11) is 0. The number of hydrogen-bond acceptors (Lipinski definition) is 4. The lowest BCUT2D eigenvalue weighted by atomic mass is 10.2. The molecule has 3 rings (SSSR count). The number of carbonyl (C=O) groups is 1. The molecule has 162 valence electrons. The Morgan fingerprint density at radius 3 is 2.26 bits per heavy atom. The minimum atomic E-state index is -0.289. The summed E-state index contributed by atoms with van der Waals surface area (Å²) in [5.41, 5.74) is 3.32. The molecule has 7 heteroatoms. The number of carbonyl (C=O) groups excluding carboxylic acids is 1. The highest BCUT2D eigenvalue weighted by Crippen LogP contribution is 2.34. The van der Waals surface area contributed by atoms with Gasteiger partial charge in [0.05, 0.1) is 6.61 Å². The summed E-state index contributed by atoms with van der Waals surface area (Å²) in [6, 6.07) is 17.1. The number of anilines is 2. The number of benzene rings is 3. The maximum atomic E-state index is 13.1. The van der Waals surface area contributed by atoms with Gasteiger partial charge in [0.1, 0.15) is 12.4 Å². The second kappa shape index (κ2) is 10.7. The van der Waals surface area contributed by atoms with Gasteiger partial charge in [0.15, 0.2) is 11.5 Å². The molecule has 2 N–H and O–H groups in total. The molecule has 1 amide bonds. The minimum Gasteiger partial charge on any atom is -0.490 e. The molecule has 3 aromatic rings. The molecule has 5 nitrogen and oxygen atoms in total. The van der Waals surface area contributed by atoms with Crippen molar-refractivity contribution >= 4 is 28.9 Å². The molecule has 0 heterocycles. The third-order valence-electron chi connectivity index (χ3n) is 4.41. The van der Waals surface area contributed by atoms with Gasteiger partial charge < -0.3 is 20.1 Å². The van der Waals surface area contributed by atoms with Crippen molar-refractivity contribution in [3.05, 3.63) is 82.6 Å². The standard InChI is InChI=1S/C24H24ClFN2O3/c1-3-30-23-12-18(14-27-20-8-10-21(11-9-20)28-16(2)29)22(25)13-24(23)31-15-17-4-6-19(26)7-5-17/h4-13,27H,3,14-15H2,1-2H3,(H,28,29). The highest BCUT2D eigenvalue weighted by atomic mass is 35.5. The summed E-state index contributed by atoms with van der Waals surface area (Å²) in [6.45, 7) is 4.60. The van der Waals surface area contributed by atoms with Crippen LogP contribution in [0.5, 0.6) is 11.5 Å². The van der Waals surface area contributed by atoms with Crippen LogP contribution in [-0.4, -0.2) is 12.5 Å². The van der Waals surface area contributed by atoms with Crippen molar-refractivity contribution in [1.29, 1.82) is 0 Å². The zero-order valence-corrected chi connectivity index (χ0v) is 18.1. The molecule has 0 spiro atoms. The second-order valence-electron chi connectivity index (χ2n) is 6.85. The van der Waals surface area contributed by atoms with Gasteiger partial charge in [-0.1, -0.05) is 23.7 Å². The lowest BCUT2D eigenvalue weighted by Crippen LogP contribution is -2.06. The molecule has 0 aliphatic carbocycles. The van der Waals surface area contributed by atoms with Crippen LogP contribution < -0.4 is 20.1 Å². The molecular formula is C24H24ClFN2O3. The molecule has 0 aliphatic rings. The highest BCUT2D eigenvalue weighted by molar-refractivity contribution is 6.31. The van der Waals surface area contributed by atoms with E-state index in [1.807, 2.05) is 37.3 Å². The summed E-state index contributed by atoms with van der Waals surface area (Å²) >= 11 is 6.48. The Bertz CT molecular complexity index is 1020. The number of halogens is 2. The fourth-order valence-electron chi connectivity index (χ4n) is 2.91. The van der Waals surface area contributed by atoms with Gasteiger partial charge in [0.25, 0.3) is 0 Å². The van der Waals surface area contributed by atoms with Crippen molar-refractivity contribution in [3.63, 3.8) is 0 Å². The molecule has 0 saturated carbocycles. The zero-order chi connectivity index (χ0) is 22.2. The van der Waals surface area contributed by atoms with Crippen LogP contribution in [-0.2, 0) is 17.9 Å². The molecule has 0 radical (unpaired) electrons. The summed E-state index contributed by atoms with van der Waals surface area (Å²) in [5, 5.41) is 6.58. The van der Waals surface area contributed by atoms with E-state index < -0.39 is 0 Å². The molecule has 31 heavy (non-hydrogen) atoms. The third kappa shape index (κ3) is 6.62. The summed E-state index contributed by atoms with van der Waals surface area (Å²) in [5.74, 6) is 0.715. The lowest BCUT2D eigenvalue weighted by molar-refractivity contribution is -0.114. The van der Waals surface area contributed by atoms with Gasteiger partial charge in [0, 0.05) is 35.9 Å². The van der Waals surface area contributed by atoms with Gasteiger partial charge in [0.2, 0.25) is 5.91 Å². The molecule has 0 bridgehead atoms. The first-order valence-corrected chi connectivity index (χ1v) is 10.3. The molecule has 0 aliphatic heterocycles. The monoisotopic (exact) mass is 442 g/mol. The van der Waals surface area contributed by atoms with Crippen LogP contribution in [0.4, 0.5) is 15.8 Å². The lowest BCUT2D eigenvalue weighted by Gasteiger charge is -2.16. The molecule has 0 aromatic heterocycles. The van der Waals surface area contributed by atoms with E-state index >= 15 is 0 Å². The van der Waals surface area contributed by atoms with Gasteiger partial charge >= 0.3 is 0 Å². The maximum Gasteiger partial charge on any atom is 0.221 e. The van der Waals surface area contributed by atoms with E-state index in [2.05, 4.69) is 10.6 Å². The number of nitrogens with one attached hydrogen (secondary N) is 2. The van der Waals surface area contributed by atoms with Crippen LogP contribution in [0.3, 0.4) is 0 Å². The molecule has 0 unspecified atom stereocenters. The number of amides is 1. The Morgan fingerprint density at radius 1 is 0.968 bits per heavy atom. The van der Waals surface area contributed by atoms with E-state index in [1.54, 1.807) is 18.2 Å². The summed E-state index contributed by atoms with van der Waals surface area (Å²) < 4.78 is 24.7. The molecule has 3 aromatic carbocycles. The number of ether oxygens (including phenoxy) is 2. The predicted molar refractivity (Wildman–Crippen MR) is 121 cm³/mol. The number of hydrogen-bond donors (Lipinski definition) is 2. The first kappa shape index (κ1) is 22.4. The molecule has 0 saturated heterocycles. The van der Waals surface area contributed by atoms with Crippen molar-refractivity contribution < 1.29 is 18.7 Å². The Kier molecular flexibility index (Phi) is 7.73. The van der Waals surface area contributed by atoms with E-state index in [4.69, 9.17) is 21.1 Å². The van der Waals surface area contributed by atoms with Crippen LogP contribution in [0.15, 0.2) is 60.7 Å². The SMILES string of the molecule is CCOc1cc(CNc2ccc(NC(C)=O)cc2)c(Cl)cc1OCc1ccc(F)cc1. The van der Waals surface area contributed by atoms with Gasteiger partial charge in [-0.3, -0.25) is 4.79 Å². The normalized spacial score (nSPS) is 10.5. The Balaban J connectivity index is 1.68. The van der Waals surface area contributed by atoms with Crippen molar-refractivity contribution in [2.45, 2.75) is 27.0 Å². The Labute approximate surface area is 186 Å². The fourth-order valence-corrected chi connectivity index (χ4v) is 3.13. The van der Waals surface area contributed by atoms with Crippen LogP contribution in [0, 0.1) is 5.82 Å². The van der Waals surface area contributed by atoms with Gasteiger partial charge in [-0.2, -0.15) is 0 Å². The van der Waals surface area contributed by atoms with E-state index in [0.717, 1.165) is 22.5 Å². The average Bonchev–Trinajstić information content (AvgIpc) is 2.74. The molecule has 0 atom stereocenters. The van der Waals surface area contributed by atoms with Crippen molar-refractivity contribution in [2.75, 3.05) is 17.2 Å². The fraction of sp³-hybridized carbons (Fsp3) is 0.208. The zero-order valence-electron chi connectivity index (χ0n) is 17.4. The largest absolute Gasteiger partial charge is 0.490 e. The van der Waals surface area contributed by atoms with Crippen molar-refractivity contribution in [1.82, 2.24) is 0 Å². The smallest absolute Gasteiger partial charge is 0.221 e. The van der Waals surface area contributed by atoms with Crippen LogP contribution in [0.1, 0.15) is 25.0 Å². The summed E-state index contributed by atoms with van der Waals surface area (Å²) in [4.78, 5) is 11.1. The van der Waals surface area contributed by atoms with E-state index in [1.165, 1.54) is 19.1 Å². The summed E-state index contributed by atoms with van der Waals surface area (Å²) in [6.07, 6.45) is 0. The highest BCUT2D eigenvalue weighted by Gasteiger charge is 2.12. The minimum absolute atomic E-state index is 0.113. The average molecular weight is 443 g/mol. The first-order valence-electron chi connectivity index (χ1n) is 9.88. The quantitative estimate of drug-likeness (QED) is 0.425. The van der Waals surface area contributed by atoms with Crippen LogP contribution >= 0.6 is 11.6 Å². The van der Waals surface area contributed by atoms with Crippen LogP contribution in [0.25, 0.3) is 0 Å². The third-order valence-corrected chi connectivity index (χ3v) is 4.76. The van der Waals surface area contributed by atoms with Gasteiger partial charge in [-0.25, -0.2) is 4.39 Å². The number of rotatable bonds is 9. The molecular weight excluding hydrogens is 419 g/mol. The van der Waals surface area contributed by atoms with Crippen molar-refractivity contribution in [3.8, 4) is 11.5 Å². The van der Waals surface area contributed by atoms with E-state index in [0.29, 0.717) is 29.7 Å². The van der Waals surface area contributed by atoms with E-state index in [9.17, 15) is 9.18 Å². The second-order valence-corrected chi connectivity index (χ2v) is 7.26. The van der Waals surface area contributed by atoms with Crippen molar-refractivity contribution in [2.24, 2.45) is 0 Å². The van der Waals surface area contributed by atoms with Gasteiger partial charge in [-0.15, -0.1) is 0 Å². The molecule has 0 fully saturated rings. The van der Waals surface area contributed by atoms with E-state index in [-0.39, 0.29) is 18.3 Å². The topological polar surface area (TPSA) is 59.6 Å². The van der Waals surface area contributed by atoms with Gasteiger partial charge in [-0.05, 0) is 60.5 Å². The maximum absolute atomic E-state index is 13.1. The van der Waals surface area contributed by atoms with Crippen LogP contribution in [0.2, 0.25) is 5.02 Å². The Hall–Kier alpha value is -3.25. The predicted octanol–water partition coefficient (Wildman–Crippen LogP) is 6.03. The first-order chi connectivity index (χ1) is 14.9.